The predicted molar refractivity (Wildman–Crippen MR) is 298 cm³/mol. The van der Waals surface area contributed by atoms with Gasteiger partial charge in [-0.25, -0.2) is 0 Å². The molecule has 0 rings (SSSR count). The Labute approximate surface area is 429 Å². The average molecular weight is 970 g/mol. The van der Waals surface area contributed by atoms with Gasteiger partial charge in [0.05, 0.1) is 0 Å². The zero-order chi connectivity index (χ0) is 50.0. The molecule has 0 amide bonds. The summed E-state index contributed by atoms with van der Waals surface area (Å²) >= 11 is 0. The molecule has 0 spiro atoms. The number of hydrogen-bond donors (Lipinski definition) is 0. The SMILES string of the molecule is CCCCC/C=C\C/C=C\C/C=C\CCCCCCC(=O)O[C@@H](COC(=O)CCCCCCCCCCCCCCC)COC(=O)CCCCCCCCCCCCCCCCCCCCCCC. The standard InChI is InChI=1S/C63H116O6/c1-4-7-10-13-16-19-22-25-27-29-30-31-32-34-35-38-41-44-47-50-53-56-62(65)68-59-60(58-67-61(64)55-52-49-46-43-40-37-24-21-18-15-12-9-6-3)69-63(66)57-54-51-48-45-42-39-36-33-28-26-23-20-17-14-11-8-5-2/h17,20,26,28,36,39,60H,4-16,18-19,21-25,27,29-35,37-38,40-59H2,1-3H3/b20-17-,28-26-,39-36-/t60-/m0/s1. The highest BCUT2D eigenvalue weighted by atomic mass is 16.6. The summed E-state index contributed by atoms with van der Waals surface area (Å²) in [4.78, 5) is 38.2. The fourth-order valence-electron chi connectivity index (χ4n) is 9.04. The van der Waals surface area contributed by atoms with Crippen LogP contribution in [0.15, 0.2) is 36.5 Å². The van der Waals surface area contributed by atoms with Crippen LogP contribution >= 0.6 is 0 Å². The summed E-state index contributed by atoms with van der Waals surface area (Å²) in [5.41, 5.74) is 0. The molecule has 6 nitrogen and oxygen atoms in total. The highest BCUT2D eigenvalue weighted by Crippen LogP contribution is 2.17. The molecular formula is C63H116O6. The Morgan fingerprint density at radius 1 is 0.290 bits per heavy atom. The van der Waals surface area contributed by atoms with E-state index < -0.39 is 6.10 Å². The monoisotopic (exact) mass is 969 g/mol. The Kier molecular flexibility index (Phi) is 56.2. The molecule has 0 aromatic heterocycles. The lowest BCUT2D eigenvalue weighted by Gasteiger charge is -2.18. The molecule has 404 valence electrons. The van der Waals surface area contributed by atoms with Gasteiger partial charge in [0.15, 0.2) is 6.10 Å². The van der Waals surface area contributed by atoms with Crippen molar-refractivity contribution in [2.24, 2.45) is 0 Å². The quantitative estimate of drug-likeness (QED) is 0.0261. The van der Waals surface area contributed by atoms with Crippen LogP contribution in [-0.2, 0) is 28.6 Å². The van der Waals surface area contributed by atoms with Crippen molar-refractivity contribution in [3.8, 4) is 0 Å². The molecule has 0 saturated heterocycles. The maximum Gasteiger partial charge on any atom is 0.306 e. The molecule has 6 heteroatoms. The molecule has 0 aromatic carbocycles. The molecule has 0 bridgehead atoms. The molecule has 0 heterocycles. The lowest BCUT2D eigenvalue weighted by molar-refractivity contribution is -0.167. The van der Waals surface area contributed by atoms with Crippen molar-refractivity contribution < 1.29 is 28.6 Å². The summed E-state index contributed by atoms with van der Waals surface area (Å²) in [5.74, 6) is -0.876. The van der Waals surface area contributed by atoms with Crippen molar-refractivity contribution in [2.75, 3.05) is 13.2 Å². The Morgan fingerprint density at radius 3 is 0.841 bits per heavy atom. The van der Waals surface area contributed by atoms with Crippen molar-refractivity contribution >= 4 is 17.9 Å². The van der Waals surface area contributed by atoms with Crippen LogP contribution in [-0.4, -0.2) is 37.2 Å². The van der Waals surface area contributed by atoms with E-state index in [-0.39, 0.29) is 31.1 Å². The maximum atomic E-state index is 12.9. The molecular weight excluding hydrogens is 853 g/mol. The number of hydrogen-bond acceptors (Lipinski definition) is 6. The molecule has 0 aromatic rings. The Balaban J connectivity index is 4.32. The molecule has 1 atom stereocenters. The first-order chi connectivity index (χ1) is 34.0. The van der Waals surface area contributed by atoms with E-state index in [1.807, 2.05) is 0 Å². The summed E-state index contributed by atoms with van der Waals surface area (Å²) in [6.07, 6.45) is 70.0. The van der Waals surface area contributed by atoms with Gasteiger partial charge in [0.2, 0.25) is 0 Å². The van der Waals surface area contributed by atoms with Gasteiger partial charge in [0, 0.05) is 19.3 Å². The van der Waals surface area contributed by atoms with Gasteiger partial charge >= 0.3 is 17.9 Å². The molecule has 0 aliphatic carbocycles. The molecule has 69 heavy (non-hydrogen) atoms. The van der Waals surface area contributed by atoms with Crippen LogP contribution in [0.3, 0.4) is 0 Å². The van der Waals surface area contributed by atoms with Crippen molar-refractivity contribution in [3.63, 3.8) is 0 Å². The topological polar surface area (TPSA) is 78.9 Å². The molecule has 0 aliphatic rings. The highest BCUT2D eigenvalue weighted by Gasteiger charge is 2.19. The molecule has 0 saturated carbocycles. The first-order valence-electron chi connectivity index (χ1n) is 30.5. The van der Waals surface area contributed by atoms with Gasteiger partial charge in [0.25, 0.3) is 0 Å². The minimum Gasteiger partial charge on any atom is -0.462 e. The third-order valence-electron chi connectivity index (χ3n) is 13.6. The number of carbonyl (C=O) groups excluding carboxylic acids is 3. The number of carbonyl (C=O) groups is 3. The highest BCUT2D eigenvalue weighted by molar-refractivity contribution is 5.71. The number of rotatable bonds is 56. The zero-order valence-corrected chi connectivity index (χ0v) is 46.3. The van der Waals surface area contributed by atoms with E-state index in [0.717, 1.165) is 83.5 Å². The lowest BCUT2D eigenvalue weighted by Crippen LogP contribution is -2.30. The van der Waals surface area contributed by atoms with Crippen LogP contribution in [0.5, 0.6) is 0 Å². The second kappa shape index (κ2) is 58.2. The van der Waals surface area contributed by atoms with E-state index >= 15 is 0 Å². The van der Waals surface area contributed by atoms with Crippen LogP contribution in [0.25, 0.3) is 0 Å². The van der Waals surface area contributed by atoms with Gasteiger partial charge in [-0.2, -0.15) is 0 Å². The molecule has 0 radical (unpaired) electrons. The third kappa shape index (κ3) is 56.4. The van der Waals surface area contributed by atoms with Crippen LogP contribution in [0, 0.1) is 0 Å². The second-order valence-corrected chi connectivity index (χ2v) is 20.6. The van der Waals surface area contributed by atoms with Gasteiger partial charge < -0.3 is 14.2 Å². The van der Waals surface area contributed by atoms with Crippen LogP contribution in [0.4, 0.5) is 0 Å². The van der Waals surface area contributed by atoms with Crippen molar-refractivity contribution in [1.29, 1.82) is 0 Å². The predicted octanol–water partition coefficient (Wildman–Crippen LogP) is 20.4. The first-order valence-corrected chi connectivity index (χ1v) is 30.5. The Hall–Kier alpha value is -2.37. The molecule has 0 unspecified atom stereocenters. The first kappa shape index (κ1) is 66.6. The third-order valence-corrected chi connectivity index (χ3v) is 13.6. The fourth-order valence-corrected chi connectivity index (χ4v) is 9.04. The van der Waals surface area contributed by atoms with E-state index in [1.54, 1.807) is 0 Å². The molecule has 0 aliphatic heterocycles. The number of unbranched alkanes of at least 4 members (excludes halogenated alkanes) is 39. The second-order valence-electron chi connectivity index (χ2n) is 20.6. The smallest absolute Gasteiger partial charge is 0.306 e. The van der Waals surface area contributed by atoms with E-state index in [1.165, 1.54) is 205 Å². The summed E-state index contributed by atoms with van der Waals surface area (Å²) in [6.45, 7) is 6.65. The van der Waals surface area contributed by atoms with Crippen LogP contribution < -0.4 is 0 Å². The van der Waals surface area contributed by atoms with Crippen molar-refractivity contribution in [3.05, 3.63) is 36.5 Å². The minimum atomic E-state index is -0.780. The summed E-state index contributed by atoms with van der Waals surface area (Å²) < 4.78 is 16.9. The van der Waals surface area contributed by atoms with Gasteiger partial charge in [-0.1, -0.05) is 288 Å². The van der Waals surface area contributed by atoms with Gasteiger partial charge in [-0.15, -0.1) is 0 Å². The van der Waals surface area contributed by atoms with Crippen molar-refractivity contribution in [2.45, 2.75) is 335 Å². The molecule has 0 N–H and O–H groups in total. The van der Waals surface area contributed by atoms with E-state index in [9.17, 15) is 14.4 Å². The van der Waals surface area contributed by atoms with E-state index in [4.69, 9.17) is 14.2 Å². The van der Waals surface area contributed by atoms with Gasteiger partial charge in [-0.05, 0) is 57.8 Å². The van der Waals surface area contributed by atoms with Crippen molar-refractivity contribution in [1.82, 2.24) is 0 Å². The summed E-state index contributed by atoms with van der Waals surface area (Å²) in [5, 5.41) is 0. The van der Waals surface area contributed by atoms with E-state index in [2.05, 4.69) is 57.2 Å². The van der Waals surface area contributed by atoms with E-state index in [0.29, 0.717) is 19.3 Å². The Morgan fingerprint density at radius 2 is 0.522 bits per heavy atom. The number of esters is 3. The largest absolute Gasteiger partial charge is 0.462 e. The van der Waals surface area contributed by atoms with Gasteiger partial charge in [-0.3, -0.25) is 14.4 Å². The van der Waals surface area contributed by atoms with Crippen LogP contribution in [0.2, 0.25) is 0 Å². The minimum absolute atomic E-state index is 0.0763. The zero-order valence-electron chi connectivity index (χ0n) is 46.3. The normalized spacial score (nSPS) is 12.2. The maximum absolute atomic E-state index is 12.9. The van der Waals surface area contributed by atoms with Gasteiger partial charge in [0.1, 0.15) is 13.2 Å². The Bertz CT molecular complexity index is 1160. The van der Waals surface area contributed by atoms with Crippen LogP contribution in [0.1, 0.15) is 329 Å². The fraction of sp³-hybridized carbons (Fsp3) is 0.857. The average Bonchev–Trinajstić information content (AvgIpc) is 3.35. The molecule has 0 fully saturated rings. The number of allylic oxidation sites excluding steroid dienone is 6. The summed E-state index contributed by atoms with van der Waals surface area (Å²) in [7, 11) is 0. The number of ether oxygens (including phenoxy) is 3. The lowest BCUT2D eigenvalue weighted by atomic mass is 10.0. The summed E-state index contributed by atoms with van der Waals surface area (Å²) in [6, 6.07) is 0.